The van der Waals surface area contributed by atoms with Gasteiger partial charge in [-0.25, -0.2) is 4.79 Å². The average molecular weight is 606 g/mol. The predicted molar refractivity (Wildman–Crippen MR) is 161 cm³/mol. The number of halogens is 2. The predicted octanol–water partition coefficient (Wildman–Crippen LogP) is 6.42. The Kier molecular flexibility index (Phi) is 9.99. The van der Waals surface area contributed by atoms with Gasteiger partial charge in [0.1, 0.15) is 6.04 Å². The smallest absolute Gasteiger partial charge is 0.328 e. The van der Waals surface area contributed by atoms with Crippen molar-refractivity contribution in [3.63, 3.8) is 0 Å². The van der Waals surface area contributed by atoms with Crippen molar-refractivity contribution in [1.29, 1.82) is 0 Å². The molecule has 10 heteroatoms. The first kappa shape index (κ1) is 29.5. The summed E-state index contributed by atoms with van der Waals surface area (Å²) in [4.78, 5) is 43.1. The number of hydrogen-bond acceptors (Lipinski definition) is 6. The van der Waals surface area contributed by atoms with E-state index in [4.69, 9.17) is 27.9 Å². The normalized spacial score (nSPS) is 15.1. The summed E-state index contributed by atoms with van der Waals surface area (Å²) < 4.78 is 6.20. The quantitative estimate of drug-likeness (QED) is 0.168. The van der Waals surface area contributed by atoms with E-state index in [2.05, 4.69) is 0 Å². The third kappa shape index (κ3) is 6.62. The Morgan fingerprint density at radius 3 is 2.56 bits per heavy atom. The number of piperidine rings is 1. The van der Waals surface area contributed by atoms with E-state index in [1.165, 1.54) is 29.8 Å². The van der Waals surface area contributed by atoms with Crippen LogP contribution in [0.2, 0.25) is 10.0 Å². The van der Waals surface area contributed by atoms with Gasteiger partial charge in [0.2, 0.25) is 11.8 Å². The van der Waals surface area contributed by atoms with Gasteiger partial charge in [0.25, 0.3) is 0 Å². The lowest BCUT2D eigenvalue weighted by atomic mass is 9.94. The number of likely N-dealkylation sites (tertiary alicyclic amines) is 1. The van der Waals surface area contributed by atoms with E-state index in [0.29, 0.717) is 48.0 Å². The van der Waals surface area contributed by atoms with Crippen molar-refractivity contribution in [2.24, 2.45) is 5.92 Å². The Morgan fingerprint density at radius 2 is 1.87 bits per heavy atom. The third-order valence-electron chi connectivity index (χ3n) is 7.12. The summed E-state index contributed by atoms with van der Waals surface area (Å²) in [7, 11) is 3.01. The molecule has 0 unspecified atom stereocenters. The Bertz CT molecular complexity index is 1400. The van der Waals surface area contributed by atoms with Gasteiger partial charge in [-0.3, -0.25) is 9.59 Å². The lowest BCUT2D eigenvalue weighted by molar-refractivity contribution is -0.153. The first-order chi connectivity index (χ1) is 18.7. The number of thioether (sulfide) groups is 1. The van der Waals surface area contributed by atoms with Crippen LogP contribution in [0.4, 0.5) is 0 Å². The van der Waals surface area contributed by atoms with E-state index in [1.54, 1.807) is 29.4 Å². The average Bonchev–Trinajstić information content (AvgIpc) is 3.38. The summed E-state index contributed by atoms with van der Waals surface area (Å²) in [6, 6.07) is 11.0. The van der Waals surface area contributed by atoms with Gasteiger partial charge in [-0.15, -0.1) is 23.1 Å². The lowest BCUT2D eigenvalue weighted by Gasteiger charge is -2.34. The van der Waals surface area contributed by atoms with Crippen LogP contribution in [0.25, 0.3) is 16.2 Å². The second-order valence-corrected chi connectivity index (χ2v) is 11.9. The van der Waals surface area contributed by atoms with Crippen LogP contribution >= 0.6 is 46.3 Å². The molecule has 4 rings (SSSR count). The van der Waals surface area contributed by atoms with Crippen molar-refractivity contribution >= 4 is 80.2 Å². The van der Waals surface area contributed by atoms with E-state index < -0.39 is 12.0 Å². The zero-order chi connectivity index (χ0) is 28.1. The summed E-state index contributed by atoms with van der Waals surface area (Å²) in [5.41, 5.74) is 1.69. The van der Waals surface area contributed by atoms with Crippen LogP contribution in [0.3, 0.4) is 0 Å². The molecule has 206 valence electrons. The van der Waals surface area contributed by atoms with E-state index >= 15 is 0 Å². The number of fused-ring (bicyclic) bond motifs is 1. The fraction of sp³-hybridized carbons (Fsp3) is 0.345. The molecular formula is C29H30Cl2N2O4S2. The summed E-state index contributed by atoms with van der Waals surface area (Å²) in [6.45, 7) is 0.900. The molecule has 6 nitrogen and oxygen atoms in total. The van der Waals surface area contributed by atoms with Crippen molar-refractivity contribution in [3.05, 3.63) is 69.0 Å². The number of ether oxygens (including phenoxy) is 1. The highest BCUT2D eigenvalue weighted by molar-refractivity contribution is 7.98. The number of esters is 1. The van der Waals surface area contributed by atoms with Crippen molar-refractivity contribution in [1.82, 2.24) is 9.80 Å². The molecule has 1 fully saturated rings. The molecule has 0 radical (unpaired) electrons. The molecule has 0 saturated carbocycles. The Morgan fingerprint density at radius 1 is 1.15 bits per heavy atom. The zero-order valence-electron chi connectivity index (χ0n) is 22.0. The molecule has 1 saturated heterocycles. The Labute approximate surface area is 246 Å². The fourth-order valence-corrected chi connectivity index (χ4v) is 6.95. The molecule has 1 aliphatic rings. The highest BCUT2D eigenvalue weighted by Crippen LogP contribution is 2.35. The summed E-state index contributed by atoms with van der Waals surface area (Å²) in [5, 5.41) is 4.01. The van der Waals surface area contributed by atoms with Gasteiger partial charge in [-0.1, -0.05) is 47.5 Å². The van der Waals surface area contributed by atoms with Gasteiger partial charge in [-0.2, -0.15) is 0 Å². The first-order valence-electron chi connectivity index (χ1n) is 12.5. The van der Waals surface area contributed by atoms with Crippen LogP contribution < -0.4 is 0 Å². The molecule has 2 heterocycles. The van der Waals surface area contributed by atoms with Crippen LogP contribution in [0, 0.1) is 5.92 Å². The number of amides is 2. The Balaban J connectivity index is 1.38. The maximum absolute atomic E-state index is 13.4. The largest absolute Gasteiger partial charge is 0.467 e. The maximum atomic E-state index is 13.4. The molecule has 0 bridgehead atoms. The highest BCUT2D eigenvalue weighted by Gasteiger charge is 2.34. The van der Waals surface area contributed by atoms with E-state index in [-0.39, 0.29) is 17.7 Å². The van der Waals surface area contributed by atoms with Crippen molar-refractivity contribution in [2.75, 3.05) is 33.5 Å². The topological polar surface area (TPSA) is 66.9 Å². The van der Waals surface area contributed by atoms with Crippen LogP contribution in [0.1, 0.15) is 24.0 Å². The van der Waals surface area contributed by atoms with Crippen molar-refractivity contribution in [3.8, 4) is 0 Å². The SMILES string of the molecule is COC(=O)[C@H](Cc1csc2ccccc12)N(C)C(=O)C1CCN(C(=O)/C=C/c2ccc(SC)c(Cl)c2Cl)CC1. The fourth-order valence-electron chi connectivity index (χ4n) is 4.80. The number of nitrogens with zero attached hydrogens (tertiary/aromatic N) is 2. The number of benzene rings is 2. The molecule has 1 aromatic heterocycles. The monoisotopic (exact) mass is 604 g/mol. The number of carbonyl (C=O) groups excluding carboxylic acids is 3. The van der Waals surface area contributed by atoms with Gasteiger partial charge in [0.05, 0.1) is 17.2 Å². The van der Waals surface area contributed by atoms with Crippen LogP contribution in [0.15, 0.2) is 52.7 Å². The zero-order valence-corrected chi connectivity index (χ0v) is 25.1. The van der Waals surface area contributed by atoms with Crippen LogP contribution in [-0.2, 0) is 25.5 Å². The number of carbonyl (C=O) groups is 3. The summed E-state index contributed by atoms with van der Waals surface area (Å²) in [5.74, 6) is -0.972. The summed E-state index contributed by atoms with van der Waals surface area (Å²) in [6.07, 6.45) is 6.50. The molecule has 0 aliphatic carbocycles. The van der Waals surface area contributed by atoms with Gasteiger partial charge >= 0.3 is 5.97 Å². The molecule has 0 spiro atoms. The number of hydrogen-bond donors (Lipinski definition) is 0. The minimum absolute atomic E-state index is 0.108. The molecule has 0 N–H and O–H groups in total. The van der Waals surface area contributed by atoms with Crippen molar-refractivity contribution < 1.29 is 19.1 Å². The molecule has 2 aromatic carbocycles. The second kappa shape index (κ2) is 13.2. The first-order valence-corrected chi connectivity index (χ1v) is 15.4. The lowest BCUT2D eigenvalue weighted by Crippen LogP contribution is -2.49. The third-order valence-corrected chi connectivity index (χ3v) is 9.92. The van der Waals surface area contributed by atoms with Gasteiger partial charge in [0.15, 0.2) is 0 Å². The van der Waals surface area contributed by atoms with Gasteiger partial charge in [0, 0.05) is 48.1 Å². The summed E-state index contributed by atoms with van der Waals surface area (Å²) >= 11 is 15.8. The van der Waals surface area contributed by atoms with Crippen LogP contribution in [0.5, 0.6) is 0 Å². The standard InChI is InChI=1S/C29H30Cl2N2O4S2/c1-32(22(29(36)37-2)16-20-17-39-23-7-5-4-6-21(20)23)28(35)19-12-14-33(15-13-19)25(34)11-9-18-8-10-24(38-3)27(31)26(18)30/h4-11,17,19,22H,12-16H2,1-3H3/b11-9+/t22-/m0/s1. The van der Waals surface area contributed by atoms with E-state index in [9.17, 15) is 14.4 Å². The molecular weight excluding hydrogens is 575 g/mol. The number of rotatable bonds is 8. The highest BCUT2D eigenvalue weighted by atomic mass is 35.5. The van der Waals surface area contributed by atoms with Crippen molar-refractivity contribution in [2.45, 2.75) is 30.2 Å². The molecule has 3 aromatic rings. The molecule has 2 amide bonds. The second-order valence-electron chi connectivity index (χ2n) is 9.37. The molecule has 1 aliphatic heterocycles. The number of thiophene rings is 1. The minimum Gasteiger partial charge on any atom is -0.467 e. The van der Waals surface area contributed by atoms with E-state index in [1.807, 2.05) is 48.0 Å². The Hall–Kier alpha value is -2.52. The maximum Gasteiger partial charge on any atom is 0.328 e. The van der Waals surface area contributed by atoms with Crippen LogP contribution in [-0.4, -0.2) is 67.1 Å². The van der Waals surface area contributed by atoms with E-state index in [0.717, 1.165) is 20.5 Å². The number of methoxy groups -OCH3 is 1. The van der Waals surface area contributed by atoms with Gasteiger partial charge in [-0.05, 0) is 59.2 Å². The molecule has 1 atom stereocenters. The number of likely N-dealkylation sites (N-methyl/N-ethyl adjacent to an activating group) is 1. The minimum atomic E-state index is -0.725. The van der Waals surface area contributed by atoms with Gasteiger partial charge < -0.3 is 14.5 Å². The molecule has 39 heavy (non-hydrogen) atoms.